The van der Waals surface area contributed by atoms with Crippen LogP contribution in [0.2, 0.25) is 5.15 Å². The van der Waals surface area contributed by atoms with Gasteiger partial charge in [-0.3, -0.25) is 4.79 Å². The number of H-pyrrole nitrogens is 1. The maximum Gasteiger partial charge on any atom is 0.221 e. The molecule has 0 atom stereocenters. The number of hydrogen-bond donors (Lipinski definition) is 2. The third kappa shape index (κ3) is 1.46. The lowest BCUT2D eigenvalue weighted by Gasteiger charge is -1.99. The second kappa shape index (κ2) is 3.35. The lowest BCUT2D eigenvalue weighted by molar-refractivity contribution is -0.114. The summed E-state index contributed by atoms with van der Waals surface area (Å²) >= 11 is 5.94. The van der Waals surface area contributed by atoms with Gasteiger partial charge in [0, 0.05) is 17.8 Å². The number of carbonyl (C=O) groups is 1. The number of halogens is 1. The van der Waals surface area contributed by atoms with Gasteiger partial charge in [0.15, 0.2) is 0 Å². The quantitative estimate of drug-likeness (QED) is 0.744. The van der Waals surface area contributed by atoms with Gasteiger partial charge in [-0.2, -0.15) is 0 Å². The minimum Gasteiger partial charge on any atom is -0.344 e. The van der Waals surface area contributed by atoms with Gasteiger partial charge in [0.2, 0.25) is 5.91 Å². The van der Waals surface area contributed by atoms with Gasteiger partial charge < -0.3 is 10.3 Å². The smallest absolute Gasteiger partial charge is 0.221 e. The molecule has 1 heterocycles. The molecule has 14 heavy (non-hydrogen) atoms. The topological polar surface area (TPSA) is 44.9 Å². The molecule has 1 aromatic carbocycles. The average Bonchev–Trinajstić information content (AvgIpc) is 2.43. The van der Waals surface area contributed by atoms with Crippen molar-refractivity contribution in [1.82, 2.24) is 4.98 Å². The van der Waals surface area contributed by atoms with E-state index < -0.39 is 0 Å². The summed E-state index contributed by atoms with van der Waals surface area (Å²) in [6.07, 6.45) is 0. The largest absolute Gasteiger partial charge is 0.344 e. The van der Waals surface area contributed by atoms with Crippen LogP contribution >= 0.6 is 11.6 Å². The van der Waals surface area contributed by atoms with E-state index in [4.69, 9.17) is 11.6 Å². The van der Waals surface area contributed by atoms with Gasteiger partial charge in [0.1, 0.15) is 5.15 Å². The van der Waals surface area contributed by atoms with Gasteiger partial charge in [-0.25, -0.2) is 0 Å². The Hall–Kier alpha value is -1.48. The summed E-state index contributed by atoms with van der Waals surface area (Å²) in [5.74, 6) is -0.128. The van der Waals surface area contributed by atoms with E-state index in [1.54, 1.807) is 0 Å². The molecule has 0 bridgehead atoms. The Morgan fingerprint density at radius 1 is 1.43 bits per heavy atom. The summed E-state index contributed by atoms with van der Waals surface area (Å²) in [7, 11) is 0. The Bertz CT molecular complexity index is 490. The highest BCUT2D eigenvalue weighted by Gasteiger charge is 2.09. The zero-order valence-corrected chi connectivity index (χ0v) is 8.35. The highest BCUT2D eigenvalue weighted by molar-refractivity contribution is 6.35. The summed E-state index contributed by atoms with van der Waals surface area (Å²) in [4.78, 5) is 13.9. The minimum absolute atomic E-state index is 0.128. The van der Waals surface area contributed by atoms with Gasteiger partial charge in [-0.1, -0.05) is 29.8 Å². The van der Waals surface area contributed by atoms with E-state index >= 15 is 0 Å². The molecule has 2 rings (SSSR count). The van der Waals surface area contributed by atoms with Crippen molar-refractivity contribution < 1.29 is 4.79 Å². The monoisotopic (exact) mass is 208 g/mol. The number of fused-ring (bicyclic) bond motifs is 1. The molecule has 0 fully saturated rings. The van der Waals surface area contributed by atoms with Crippen LogP contribution in [0.4, 0.5) is 5.69 Å². The Balaban J connectivity index is 2.62. The number of hydrogen-bond acceptors (Lipinski definition) is 1. The molecule has 3 nitrogen and oxygen atoms in total. The molecule has 2 N–H and O–H groups in total. The van der Waals surface area contributed by atoms with E-state index in [9.17, 15) is 4.79 Å². The summed E-state index contributed by atoms with van der Waals surface area (Å²) < 4.78 is 0. The lowest BCUT2D eigenvalue weighted by Crippen LogP contribution is -2.05. The summed E-state index contributed by atoms with van der Waals surface area (Å²) in [6, 6.07) is 7.63. The van der Waals surface area contributed by atoms with Gasteiger partial charge in [0.05, 0.1) is 5.69 Å². The van der Waals surface area contributed by atoms with E-state index in [1.165, 1.54) is 6.92 Å². The van der Waals surface area contributed by atoms with Crippen molar-refractivity contribution in [2.75, 3.05) is 5.32 Å². The molecule has 0 aliphatic carbocycles. The van der Waals surface area contributed by atoms with Gasteiger partial charge >= 0.3 is 0 Å². The fourth-order valence-electron chi connectivity index (χ4n) is 1.41. The number of carbonyl (C=O) groups excluding carboxylic acids is 1. The number of rotatable bonds is 1. The number of para-hydroxylation sites is 1. The van der Waals surface area contributed by atoms with Crippen LogP contribution in [0.5, 0.6) is 0 Å². The van der Waals surface area contributed by atoms with E-state index in [1.807, 2.05) is 24.3 Å². The highest BCUT2D eigenvalue weighted by atomic mass is 35.5. The summed E-state index contributed by atoms with van der Waals surface area (Å²) in [5.41, 5.74) is 1.57. The van der Waals surface area contributed by atoms with Crippen LogP contribution in [0, 0.1) is 0 Å². The van der Waals surface area contributed by atoms with E-state index in [2.05, 4.69) is 10.3 Å². The second-order valence-electron chi connectivity index (χ2n) is 3.04. The molecular formula is C10H9ClN2O. The first-order valence-corrected chi connectivity index (χ1v) is 4.60. The number of benzene rings is 1. The number of aromatic nitrogens is 1. The SMILES string of the molecule is CC(=O)Nc1c(Cl)[nH]c2ccccc12. The predicted molar refractivity (Wildman–Crippen MR) is 57.6 cm³/mol. The van der Waals surface area contributed by atoms with E-state index in [-0.39, 0.29) is 5.91 Å². The highest BCUT2D eigenvalue weighted by Crippen LogP contribution is 2.30. The van der Waals surface area contributed by atoms with Crippen molar-refractivity contribution >= 4 is 34.1 Å². The van der Waals surface area contributed by atoms with Crippen molar-refractivity contribution in [1.29, 1.82) is 0 Å². The average molecular weight is 209 g/mol. The molecule has 1 amide bonds. The molecule has 0 aliphatic rings. The summed E-state index contributed by atoms with van der Waals surface area (Å²) in [6.45, 7) is 1.46. The normalized spacial score (nSPS) is 10.4. The Morgan fingerprint density at radius 2 is 2.14 bits per heavy atom. The molecule has 0 spiro atoms. The first-order valence-electron chi connectivity index (χ1n) is 4.22. The zero-order valence-electron chi connectivity index (χ0n) is 7.60. The second-order valence-corrected chi connectivity index (χ2v) is 3.42. The Kier molecular flexibility index (Phi) is 2.17. The molecule has 2 aromatic rings. The fraction of sp³-hybridized carbons (Fsp3) is 0.100. The molecule has 0 saturated heterocycles. The van der Waals surface area contributed by atoms with Crippen LogP contribution in [0.1, 0.15) is 6.92 Å². The number of anilines is 1. The number of aromatic amines is 1. The first kappa shape index (κ1) is 9.09. The molecule has 0 unspecified atom stereocenters. The van der Waals surface area contributed by atoms with Crippen molar-refractivity contribution in [2.45, 2.75) is 6.92 Å². The van der Waals surface area contributed by atoms with E-state index in [0.717, 1.165) is 10.9 Å². The van der Waals surface area contributed by atoms with Crippen LogP contribution in [0.25, 0.3) is 10.9 Å². The Morgan fingerprint density at radius 3 is 2.86 bits per heavy atom. The maximum absolute atomic E-state index is 10.9. The lowest BCUT2D eigenvalue weighted by atomic mass is 10.2. The Labute approximate surface area is 86.1 Å². The third-order valence-corrected chi connectivity index (χ3v) is 2.24. The van der Waals surface area contributed by atoms with Crippen LogP contribution in [0.3, 0.4) is 0 Å². The first-order chi connectivity index (χ1) is 6.68. The molecule has 0 saturated carbocycles. The van der Waals surface area contributed by atoms with Crippen molar-refractivity contribution in [3.8, 4) is 0 Å². The van der Waals surface area contributed by atoms with E-state index in [0.29, 0.717) is 10.8 Å². The standard InChI is InChI=1S/C10H9ClN2O/c1-6(14)12-9-7-4-2-3-5-8(7)13-10(9)11/h2-5,13H,1H3,(H,12,14). The van der Waals surface area contributed by atoms with Gasteiger partial charge in [-0.05, 0) is 6.07 Å². The number of nitrogens with one attached hydrogen (secondary N) is 2. The van der Waals surface area contributed by atoms with Gasteiger partial charge in [0.25, 0.3) is 0 Å². The molecule has 0 radical (unpaired) electrons. The van der Waals surface area contributed by atoms with Gasteiger partial charge in [-0.15, -0.1) is 0 Å². The van der Waals surface area contributed by atoms with Crippen LogP contribution < -0.4 is 5.32 Å². The fourth-order valence-corrected chi connectivity index (χ4v) is 1.66. The minimum atomic E-state index is -0.128. The molecule has 0 aliphatic heterocycles. The number of amides is 1. The van der Waals surface area contributed by atoms with Crippen molar-refractivity contribution in [2.24, 2.45) is 0 Å². The summed E-state index contributed by atoms with van der Waals surface area (Å²) in [5, 5.41) is 4.08. The molecule has 72 valence electrons. The van der Waals surface area contributed by atoms with Crippen molar-refractivity contribution in [3.05, 3.63) is 29.4 Å². The van der Waals surface area contributed by atoms with Crippen LogP contribution in [0.15, 0.2) is 24.3 Å². The molecule has 1 aromatic heterocycles. The predicted octanol–water partition coefficient (Wildman–Crippen LogP) is 2.78. The van der Waals surface area contributed by atoms with Crippen LogP contribution in [-0.4, -0.2) is 10.9 Å². The van der Waals surface area contributed by atoms with Crippen LogP contribution in [-0.2, 0) is 4.79 Å². The maximum atomic E-state index is 10.9. The third-order valence-electron chi connectivity index (χ3n) is 1.96. The zero-order chi connectivity index (χ0) is 10.1. The van der Waals surface area contributed by atoms with Crippen molar-refractivity contribution in [3.63, 3.8) is 0 Å². The molecule has 4 heteroatoms. The molecular weight excluding hydrogens is 200 g/mol.